The average molecular weight is 408 g/mol. The largest absolute Gasteiger partial charge is 0.385 e. The molecule has 0 amide bonds. The molecule has 2 nitrogen and oxygen atoms in total. The first-order chi connectivity index (χ1) is 15.2. The van der Waals surface area contributed by atoms with Crippen LogP contribution < -0.4 is 0 Å². The summed E-state index contributed by atoms with van der Waals surface area (Å²) in [6, 6.07) is 31.1. The van der Waals surface area contributed by atoms with Crippen LogP contribution in [0, 0.1) is 0 Å². The first kappa shape index (κ1) is 19.0. The maximum Gasteiger partial charge on any atom is 0.0938 e. The normalized spacial score (nSPS) is 26.4. The Hall–Kier alpha value is -2.68. The summed E-state index contributed by atoms with van der Waals surface area (Å²) in [7, 11) is 0. The molecule has 0 aromatic heterocycles. The second-order valence-electron chi connectivity index (χ2n) is 9.53. The number of hydrogen-bond acceptors (Lipinski definition) is 2. The number of rotatable bonds is 3. The molecule has 2 saturated heterocycles. The molecule has 2 aliphatic heterocycles. The fourth-order valence-electron chi connectivity index (χ4n) is 6.29. The van der Waals surface area contributed by atoms with Gasteiger partial charge in [-0.1, -0.05) is 85.3 Å². The van der Waals surface area contributed by atoms with Crippen LogP contribution in [0.25, 0.3) is 21.5 Å². The minimum atomic E-state index is -0.788. The number of piperidine rings is 2. The van der Waals surface area contributed by atoms with Crippen molar-refractivity contribution in [3.63, 3.8) is 0 Å². The van der Waals surface area contributed by atoms with E-state index in [-0.39, 0.29) is 0 Å². The van der Waals surface area contributed by atoms with Crippen LogP contribution in [0.2, 0.25) is 0 Å². The van der Waals surface area contributed by atoms with Crippen molar-refractivity contribution in [2.24, 2.45) is 0 Å². The van der Waals surface area contributed by atoms with E-state index in [9.17, 15) is 5.11 Å². The van der Waals surface area contributed by atoms with Crippen LogP contribution in [0.1, 0.15) is 43.2 Å². The van der Waals surface area contributed by atoms with Crippen LogP contribution in [0.3, 0.4) is 0 Å². The summed E-state index contributed by atoms with van der Waals surface area (Å²) in [5.74, 6) is 0. The maximum atomic E-state index is 12.3. The molecule has 0 spiro atoms. The Bertz CT molecular complexity index is 1160. The van der Waals surface area contributed by atoms with Gasteiger partial charge in [-0.2, -0.15) is 0 Å². The van der Waals surface area contributed by atoms with E-state index in [1.54, 1.807) is 0 Å². The number of fused-ring (bicyclic) bond motifs is 4. The van der Waals surface area contributed by atoms with Gasteiger partial charge in [0.1, 0.15) is 0 Å². The van der Waals surface area contributed by atoms with Gasteiger partial charge in [0.05, 0.1) is 5.60 Å². The molecule has 2 aliphatic rings. The second kappa shape index (κ2) is 7.47. The molecule has 2 heteroatoms. The molecule has 2 fully saturated rings. The summed E-state index contributed by atoms with van der Waals surface area (Å²) in [5, 5.41) is 17.2. The number of benzene rings is 4. The molecule has 4 aromatic rings. The predicted octanol–water partition coefficient (Wildman–Crippen LogP) is 6.40. The maximum absolute atomic E-state index is 12.3. The van der Waals surface area contributed by atoms with Crippen LogP contribution in [-0.2, 0) is 12.1 Å². The van der Waals surface area contributed by atoms with Crippen LogP contribution in [0.15, 0.2) is 84.9 Å². The molecule has 2 unspecified atom stereocenters. The first-order valence-electron chi connectivity index (χ1n) is 11.6. The van der Waals surface area contributed by atoms with Crippen molar-refractivity contribution in [3.05, 3.63) is 96.1 Å². The number of aliphatic hydroxyl groups is 1. The molecule has 1 N–H and O–H groups in total. The van der Waals surface area contributed by atoms with Gasteiger partial charge in [-0.15, -0.1) is 0 Å². The van der Waals surface area contributed by atoms with Crippen LogP contribution in [0.5, 0.6) is 0 Å². The van der Waals surface area contributed by atoms with Crippen molar-refractivity contribution < 1.29 is 5.11 Å². The van der Waals surface area contributed by atoms with E-state index in [2.05, 4.69) is 89.8 Å². The van der Waals surface area contributed by atoms with E-state index in [1.807, 2.05) is 0 Å². The van der Waals surface area contributed by atoms with Gasteiger partial charge < -0.3 is 5.11 Å². The molecular weight excluding hydrogens is 378 g/mol. The van der Waals surface area contributed by atoms with Gasteiger partial charge in [0.2, 0.25) is 0 Å². The fourth-order valence-corrected chi connectivity index (χ4v) is 6.29. The molecule has 2 heterocycles. The van der Waals surface area contributed by atoms with Gasteiger partial charge in [-0.05, 0) is 64.4 Å². The fraction of sp³-hybridized carbons (Fsp3) is 0.310. The van der Waals surface area contributed by atoms with Gasteiger partial charge in [0.15, 0.2) is 0 Å². The molecule has 0 saturated carbocycles. The minimum Gasteiger partial charge on any atom is -0.385 e. The van der Waals surface area contributed by atoms with Gasteiger partial charge in [0.25, 0.3) is 0 Å². The lowest BCUT2D eigenvalue weighted by Gasteiger charge is -2.52. The van der Waals surface area contributed by atoms with E-state index >= 15 is 0 Å². The highest BCUT2D eigenvalue weighted by atomic mass is 16.3. The monoisotopic (exact) mass is 407 g/mol. The quantitative estimate of drug-likeness (QED) is 0.397. The zero-order valence-corrected chi connectivity index (χ0v) is 17.9. The molecule has 0 radical (unpaired) electrons. The zero-order valence-electron chi connectivity index (χ0n) is 17.9. The van der Waals surface area contributed by atoms with Crippen molar-refractivity contribution in [2.45, 2.75) is 56.3 Å². The summed E-state index contributed by atoms with van der Waals surface area (Å²) in [6.07, 6.45) is 5.25. The third-order valence-corrected chi connectivity index (χ3v) is 7.60. The Kier molecular flexibility index (Phi) is 4.59. The Morgan fingerprint density at radius 3 is 1.90 bits per heavy atom. The smallest absolute Gasteiger partial charge is 0.0938 e. The van der Waals surface area contributed by atoms with E-state index in [0.717, 1.165) is 24.9 Å². The first-order valence-corrected chi connectivity index (χ1v) is 11.6. The molecule has 156 valence electrons. The van der Waals surface area contributed by atoms with Gasteiger partial charge >= 0.3 is 0 Å². The lowest BCUT2D eigenvalue weighted by molar-refractivity contribution is -0.0984. The van der Waals surface area contributed by atoms with Crippen LogP contribution in [0.4, 0.5) is 0 Å². The standard InChI is InChI=1S/C29H29NO/c31-29(28-26-15-6-4-11-22(26)17-23-12-5-7-16-27(23)28)18-24-13-8-14-25(19-29)30(24)20-21-9-2-1-3-10-21/h1-7,9-12,15-17,24-25,31H,8,13-14,18-20H2. The molecule has 6 rings (SSSR count). The molecule has 4 aromatic carbocycles. The van der Waals surface area contributed by atoms with E-state index in [1.165, 1.54) is 46.4 Å². The SMILES string of the molecule is OC1(c2c3ccccc3cc3ccccc23)CC2CCCC(C1)N2Cc1ccccc1. The molecule has 2 atom stereocenters. The van der Waals surface area contributed by atoms with Crippen molar-refractivity contribution >= 4 is 21.5 Å². The molecule has 0 aliphatic carbocycles. The Balaban J connectivity index is 1.45. The van der Waals surface area contributed by atoms with Gasteiger partial charge in [-0.3, -0.25) is 4.90 Å². The van der Waals surface area contributed by atoms with Crippen LogP contribution in [-0.4, -0.2) is 22.1 Å². The van der Waals surface area contributed by atoms with Crippen molar-refractivity contribution in [3.8, 4) is 0 Å². The summed E-state index contributed by atoms with van der Waals surface area (Å²) >= 11 is 0. The lowest BCUT2D eigenvalue weighted by atomic mass is 9.70. The average Bonchev–Trinajstić information content (AvgIpc) is 2.79. The van der Waals surface area contributed by atoms with Crippen molar-refractivity contribution in [2.75, 3.05) is 0 Å². The Labute approximate surface area is 184 Å². The second-order valence-corrected chi connectivity index (χ2v) is 9.53. The molecule has 2 bridgehead atoms. The topological polar surface area (TPSA) is 23.5 Å². The molecular formula is C29H29NO. The Morgan fingerprint density at radius 1 is 0.742 bits per heavy atom. The Morgan fingerprint density at radius 2 is 1.29 bits per heavy atom. The minimum absolute atomic E-state index is 0.426. The van der Waals surface area contributed by atoms with Gasteiger partial charge in [0, 0.05) is 18.6 Å². The van der Waals surface area contributed by atoms with Gasteiger partial charge in [-0.25, -0.2) is 0 Å². The summed E-state index contributed by atoms with van der Waals surface area (Å²) in [4.78, 5) is 2.68. The summed E-state index contributed by atoms with van der Waals surface area (Å²) in [5.41, 5.74) is 1.74. The third-order valence-electron chi connectivity index (χ3n) is 7.60. The highest BCUT2D eigenvalue weighted by Gasteiger charge is 2.47. The highest BCUT2D eigenvalue weighted by Crippen LogP contribution is 2.48. The van der Waals surface area contributed by atoms with Crippen LogP contribution >= 0.6 is 0 Å². The highest BCUT2D eigenvalue weighted by molar-refractivity contribution is 6.03. The van der Waals surface area contributed by atoms with E-state index in [0.29, 0.717) is 12.1 Å². The lowest BCUT2D eigenvalue weighted by Crippen LogP contribution is -2.56. The third kappa shape index (κ3) is 3.26. The summed E-state index contributed by atoms with van der Waals surface area (Å²) < 4.78 is 0. The van der Waals surface area contributed by atoms with Crippen molar-refractivity contribution in [1.29, 1.82) is 0 Å². The zero-order chi connectivity index (χ0) is 20.8. The van der Waals surface area contributed by atoms with E-state index in [4.69, 9.17) is 0 Å². The summed E-state index contributed by atoms with van der Waals surface area (Å²) in [6.45, 7) is 0.989. The van der Waals surface area contributed by atoms with E-state index < -0.39 is 5.60 Å². The molecule has 31 heavy (non-hydrogen) atoms. The van der Waals surface area contributed by atoms with Crippen molar-refractivity contribution in [1.82, 2.24) is 4.90 Å². The number of hydrogen-bond donors (Lipinski definition) is 1. The number of nitrogens with zero attached hydrogens (tertiary/aromatic N) is 1. The predicted molar refractivity (Wildman–Crippen MR) is 128 cm³/mol.